The Balaban J connectivity index is 0.00000162. The molecule has 0 bridgehead atoms. The van der Waals surface area contributed by atoms with Crippen molar-refractivity contribution in [3.05, 3.63) is 29.1 Å². The van der Waals surface area contributed by atoms with E-state index in [2.05, 4.69) is 10.6 Å². The molecule has 0 radical (unpaired) electrons. The zero-order chi connectivity index (χ0) is 12.3. The molecule has 0 saturated heterocycles. The predicted molar refractivity (Wildman–Crippen MR) is 76.1 cm³/mol. The van der Waals surface area contributed by atoms with E-state index in [0.29, 0.717) is 24.4 Å². The molecule has 0 atom stereocenters. The molecule has 2 rings (SSSR count). The molecule has 0 fully saturated rings. The van der Waals surface area contributed by atoms with Crippen molar-refractivity contribution in [3.63, 3.8) is 0 Å². The van der Waals surface area contributed by atoms with Gasteiger partial charge in [0.05, 0.1) is 11.4 Å². The Bertz CT molecular complexity index is 442. The second kappa shape index (κ2) is 6.97. The summed E-state index contributed by atoms with van der Waals surface area (Å²) in [5.74, 6) is -0.0957. The van der Waals surface area contributed by atoms with Crippen LogP contribution in [0.5, 0.6) is 0 Å². The molecule has 2 N–H and O–H groups in total. The Labute approximate surface area is 116 Å². The van der Waals surface area contributed by atoms with Gasteiger partial charge in [-0.2, -0.15) is 11.8 Å². The number of carbonyl (C=O) groups excluding carboxylic acids is 1. The molecule has 1 aliphatic heterocycles. The number of halogens is 2. The van der Waals surface area contributed by atoms with Gasteiger partial charge in [-0.15, -0.1) is 12.4 Å². The molecule has 3 nitrogen and oxygen atoms in total. The third-order valence-corrected chi connectivity index (χ3v) is 3.31. The van der Waals surface area contributed by atoms with Crippen molar-refractivity contribution in [3.8, 4) is 0 Å². The van der Waals surface area contributed by atoms with Crippen molar-refractivity contribution < 1.29 is 9.18 Å². The molecule has 0 aliphatic carbocycles. The second-order valence-corrected chi connectivity index (χ2v) is 4.84. The largest absolute Gasteiger partial charge is 0.323 e. The summed E-state index contributed by atoms with van der Waals surface area (Å²) in [7, 11) is 0. The zero-order valence-corrected chi connectivity index (χ0v) is 11.7. The van der Waals surface area contributed by atoms with Crippen LogP contribution in [-0.4, -0.2) is 24.5 Å². The number of rotatable bonds is 3. The van der Waals surface area contributed by atoms with Gasteiger partial charge in [0.1, 0.15) is 5.82 Å². The number of thioether (sulfide) groups is 1. The van der Waals surface area contributed by atoms with E-state index >= 15 is 0 Å². The minimum Gasteiger partial charge on any atom is -0.323 e. The number of hydrogen-bond donors (Lipinski definition) is 2. The van der Waals surface area contributed by atoms with Gasteiger partial charge < -0.3 is 10.6 Å². The average molecular weight is 291 g/mol. The van der Waals surface area contributed by atoms with E-state index < -0.39 is 0 Å². The lowest BCUT2D eigenvalue weighted by Crippen LogP contribution is -2.25. The van der Waals surface area contributed by atoms with Crippen LogP contribution in [0.3, 0.4) is 0 Å². The summed E-state index contributed by atoms with van der Waals surface area (Å²) in [6.45, 7) is 1.48. The molecule has 100 valence electrons. The molecule has 1 aromatic carbocycles. The van der Waals surface area contributed by atoms with Crippen LogP contribution in [-0.2, 0) is 17.8 Å². The first kappa shape index (κ1) is 15.3. The molecule has 0 unspecified atom stereocenters. The van der Waals surface area contributed by atoms with Crippen LogP contribution >= 0.6 is 24.2 Å². The number of nitrogens with one attached hydrogen (secondary N) is 2. The Morgan fingerprint density at radius 2 is 2.33 bits per heavy atom. The van der Waals surface area contributed by atoms with Gasteiger partial charge in [-0.1, -0.05) is 6.07 Å². The molecule has 0 spiro atoms. The molecule has 6 heteroatoms. The first-order chi connectivity index (χ1) is 8.22. The molecular weight excluding hydrogens is 275 g/mol. The van der Waals surface area contributed by atoms with Gasteiger partial charge in [0.25, 0.3) is 0 Å². The molecule has 18 heavy (non-hydrogen) atoms. The van der Waals surface area contributed by atoms with E-state index in [9.17, 15) is 9.18 Å². The van der Waals surface area contributed by atoms with Crippen LogP contribution in [0.4, 0.5) is 10.1 Å². The summed E-state index contributed by atoms with van der Waals surface area (Å²) in [6, 6.07) is 3.51. The highest BCUT2D eigenvalue weighted by atomic mass is 35.5. The molecule has 1 aromatic rings. The van der Waals surface area contributed by atoms with Crippen LogP contribution in [0.2, 0.25) is 0 Å². The fourth-order valence-electron chi connectivity index (χ4n) is 1.95. The van der Waals surface area contributed by atoms with Gasteiger partial charge in [-0.3, -0.25) is 4.79 Å². The average Bonchev–Trinajstić information content (AvgIpc) is 2.33. The highest BCUT2D eigenvalue weighted by Crippen LogP contribution is 2.24. The minimum absolute atomic E-state index is 0. The van der Waals surface area contributed by atoms with Crippen LogP contribution in [0.15, 0.2) is 12.1 Å². The van der Waals surface area contributed by atoms with Crippen molar-refractivity contribution in [2.24, 2.45) is 0 Å². The third-order valence-electron chi connectivity index (χ3n) is 2.76. The number of carbonyl (C=O) groups is 1. The van der Waals surface area contributed by atoms with Gasteiger partial charge in [-0.05, 0) is 36.4 Å². The van der Waals surface area contributed by atoms with Gasteiger partial charge in [-0.25, -0.2) is 4.39 Å². The maximum atomic E-state index is 14.1. The first-order valence-corrected chi connectivity index (χ1v) is 6.91. The van der Waals surface area contributed by atoms with E-state index in [1.165, 1.54) is 11.8 Å². The molecular formula is C12H16ClFN2OS. The molecule has 1 amide bonds. The summed E-state index contributed by atoms with van der Waals surface area (Å²) in [5.41, 5.74) is 2.01. The fraction of sp³-hybridized carbons (Fsp3) is 0.417. The first-order valence-electron chi connectivity index (χ1n) is 5.52. The number of benzene rings is 1. The second-order valence-electron chi connectivity index (χ2n) is 3.97. The van der Waals surface area contributed by atoms with E-state index in [1.54, 1.807) is 6.07 Å². The van der Waals surface area contributed by atoms with E-state index in [1.807, 2.05) is 12.3 Å². The van der Waals surface area contributed by atoms with Crippen molar-refractivity contribution in [1.29, 1.82) is 0 Å². The number of hydrogen-bond acceptors (Lipinski definition) is 3. The quantitative estimate of drug-likeness (QED) is 0.897. The molecule has 0 saturated carbocycles. The number of fused-ring (bicyclic) bond motifs is 1. The summed E-state index contributed by atoms with van der Waals surface area (Å²) < 4.78 is 14.1. The lowest BCUT2D eigenvalue weighted by molar-refractivity contribution is -0.113. The molecule has 1 heterocycles. The Morgan fingerprint density at radius 1 is 1.56 bits per heavy atom. The van der Waals surface area contributed by atoms with Crippen LogP contribution < -0.4 is 10.6 Å². The smallest absolute Gasteiger partial charge is 0.234 e. The van der Waals surface area contributed by atoms with Crippen molar-refractivity contribution >= 4 is 35.8 Å². The monoisotopic (exact) mass is 290 g/mol. The summed E-state index contributed by atoms with van der Waals surface area (Å²) in [5, 5.41) is 5.80. The lowest BCUT2D eigenvalue weighted by atomic mass is 9.99. The minimum atomic E-state index is -0.279. The van der Waals surface area contributed by atoms with Crippen molar-refractivity contribution in [1.82, 2.24) is 5.32 Å². The Kier molecular flexibility index (Phi) is 5.91. The zero-order valence-electron chi connectivity index (χ0n) is 10.1. The predicted octanol–water partition coefficient (Wildman–Crippen LogP) is 2.19. The summed E-state index contributed by atoms with van der Waals surface area (Å²) in [4.78, 5) is 11.4. The van der Waals surface area contributed by atoms with Crippen LogP contribution in [0, 0.1) is 5.82 Å². The highest BCUT2D eigenvalue weighted by Gasteiger charge is 2.17. The lowest BCUT2D eigenvalue weighted by Gasteiger charge is -2.19. The van der Waals surface area contributed by atoms with Crippen LogP contribution in [0.1, 0.15) is 11.1 Å². The van der Waals surface area contributed by atoms with Gasteiger partial charge in [0.2, 0.25) is 5.91 Å². The molecule has 1 aliphatic rings. The van der Waals surface area contributed by atoms with Gasteiger partial charge in [0.15, 0.2) is 0 Å². The molecule has 0 aromatic heterocycles. The fourth-order valence-corrected chi connectivity index (χ4v) is 2.28. The summed E-state index contributed by atoms with van der Waals surface area (Å²) in [6.07, 6.45) is 2.52. The van der Waals surface area contributed by atoms with Gasteiger partial charge >= 0.3 is 0 Å². The number of anilines is 1. The third kappa shape index (κ3) is 3.37. The van der Waals surface area contributed by atoms with E-state index in [-0.39, 0.29) is 24.1 Å². The number of amides is 1. The topological polar surface area (TPSA) is 41.1 Å². The SMILES string of the molecule is CSCC(=O)Nc1ccc2c(c1F)CCNC2.Cl. The van der Waals surface area contributed by atoms with E-state index in [4.69, 9.17) is 0 Å². The normalized spacial score (nSPS) is 13.4. The maximum absolute atomic E-state index is 14.1. The Hall–Kier alpha value is -0.780. The van der Waals surface area contributed by atoms with Crippen LogP contribution in [0.25, 0.3) is 0 Å². The summed E-state index contributed by atoms with van der Waals surface area (Å²) >= 11 is 1.42. The van der Waals surface area contributed by atoms with Crippen molar-refractivity contribution in [2.45, 2.75) is 13.0 Å². The van der Waals surface area contributed by atoms with Crippen molar-refractivity contribution in [2.75, 3.05) is 23.9 Å². The maximum Gasteiger partial charge on any atom is 0.234 e. The highest BCUT2D eigenvalue weighted by molar-refractivity contribution is 7.99. The van der Waals surface area contributed by atoms with E-state index in [0.717, 1.165) is 17.7 Å². The van der Waals surface area contributed by atoms with Gasteiger partial charge in [0, 0.05) is 6.54 Å². The standard InChI is InChI=1S/C12H15FN2OS.ClH/c1-17-7-11(16)15-10-3-2-8-6-14-5-4-9(8)12(10)13;/h2-3,14H,4-7H2,1H3,(H,15,16);1H. The Morgan fingerprint density at radius 3 is 3.06 bits per heavy atom.